The summed E-state index contributed by atoms with van der Waals surface area (Å²) in [7, 11) is 0. The van der Waals surface area contributed by atoms with E-state index in [0.29, 0.717) is 18.8 Å². The van der Waals surface area contributed by atoms with Crippen LogP contribution in [0.1, 0.15) is 31.4 Å². The van der Waals surface area contributed by atoms with Gasteiger partial charge < -0.3 is 15.4 Å². The summed E-state index contributed by atoms with van der Waals surface area (Å²) in [6.45, 7) is 6.42. The van der Waals surface area contributed by atoms with E-state index in [0.717, 1.165) is 23.1 Å². The molecule has 1 aliphatic heterocycles. The number of pyridine rings is 1. The number of hydrogen-bond acceptors (Lipinski definition) is 4. The minimum Gasteiger partial charge on any atom is -0.446 e. The average Bonchev–Trinajstić information content (AvgIpc) is 2.62. The third-order valence-corrected chi connectivity index (χ3v) is 4.60. The smallest absolute Gasteiger partial charge is 0.410 e. The van der Waals surface area contributed by atoms with E-state index in [1.54, 1.807) is 23.2 Å². The fraction of sp³-hybridized carbons (Fsp3) is 0.300. The van der Waals surface area contributed by atoms with Crippen molar-refractivity contribution in [3.05, 3.63) is 60.8 Å². The number of hydrogen-bond donors (Lipinski definition) is 1. The molecule has 0 saturated carbocycles. The minimum absolute atomic E-state index is 0.0317. The second kappa shape index (κ2) is 7.38. The summed E-state index contributed by atoms with van der Waals surface area (Å²) in [6, 6.07) is 11.9. The zero-order valence-electron chi connectivity index (χ0n) is 14.4. The van der Waals surface area contributed by atoms with Crippen LogP contribution in [0.4, 0.5) is 10.6 Å². The number of ether oxygens (including phenoxy) is 1. The quantitative estimate of drug-likeness (QED) is 0.831. The highest BCUT2D eigenvalue weighted by atomic mass is 16.6. The number of cyclic esters (lactones) is 1. The van der Waals surface area contributed by atoms with Crippen molar-refractivity contribution in [1.82, 2.24) is 9.88 Å². The van der Waals surface area contributed by atoms with Crippen molar-refractivity contribution >= 4 is 11.9 Å². The van der Waals surface area contributed by atoms with Crippen molar-refractivity contribution in [2.75, 3.05) is 12.3 Å². The highest BCUT2D eigenvalue weighted by Gasteiger charge is 2.30. The van der Waals surface area contributed by atoms with E-state index in [1.807, 2.05) is 37.3 Å². The van der Waals surface area contributed by atoms with Gasteiger partial charge in [0.05, 0.1) is 6.04 Å². The number of benzene rings is 1. The second-order valence-electron chi connectivity index (χ2n) is 6.28. The second-order valence-corrected chi connectivity index (χ2v) is 6.28. The Morgan fingerprint density at radius 1 is 1.32 bits per heavy atom. The van der Waals surface area contributed by atoms with Crippen LogP contribution in [0.15, 0.2) is 55.3 Å². The Hall–Kier alpha value is -2.82. The lowest BCUT2D eigenvalue weighted by Crippen LogP contribution is -2.43. The number of carbonyl (C=O) groups excluding carboxylic acids is 1. The maximum absolute atomic E-state index is 12.3. The average molecular weight is 337 g/mol. The molecule has 130 valence electrons. The summed E-state index contributed by atoms with van der Waals surface area (Å²) in [5.41, 5.74) is 8.78. The first-order valence-electron chi connectivity index (χ1n) is 8.48. The van der Waals surface area contributed by atoms with E-state index in [9.17, 15) is 4.79 Å². The van der Waals surface area contributed by atoms with Crippen molar-refractivity contribution in [1.29, 1.82) is 0 Å². The van der Waals surface area contributed by atoms with Crippen molar-refractivity contribution in [2.24, 2.45) is 0 Å². The highest BCUT2D eigenvalue weighted by Crippen LogP contribution is 2.28. The zero-order chi connectivity index (χ0) is 17.8. The third-order valence-electron chi connectivity index (χ3n) is 4.60. The van der Waals surface area contributed by atoms with Gasteiger partial charge in [0.2, 0.25) is 0 Å². The molecule has 5 heteroatoms. The Morgan fingerprint density at radius 2 is 2.04 bits per heavy atom. The van der Waals surface area contributed by atoms with Gasteiger partial charge in [0.1, 0.15) is 11.9 Å². The number of carbonyl (C=O) groups is 1. The van der Waals surface area contributed by atoms with Crippen LogP contribution in [0.3, 0.4) is 0 Å². The van der Waals surface area contributed by atoms with E-state index < -0.39 is 0 Å². The van der Waals surface area contributed by atoms with Crippen molar-refractivity contribution in [3.63, 3.8) is 0 Å². The highest BCUT2D eigenvalue weighted by molar-refractivity contribution is 5.69. The molecule has 0 spiro atoms. The Balaban J connectivity index is 1.70. The lowest BCUT2D eigenvalue weighted by atomic mass is 10.0. The fourth-order valence-electron chi connectivity index (χ4n) is 3.06. The van der Waals surface area contributed by atoms with E-state index in [4.69, 9.17) is 10.5 Å². The number of anilines is 1. The summed E-state index contributed by atoms with van der Waals surface area (Å²) in [5, 5.41) is 0. The molecule has 0 aliphatic carbocycles. The number of rotatable bonds is 5. The normalized spacial score (nSPS) is 18.5. The van der Waals surface area contributed by atoms with Crippen LogP contribution in [0, 0.1) is 0 Å². The van der Waals surface area contributed by atoms with Crippen LogP contribution in [-0.2, 0) is 4.74 Å². The molecule has 3 rings (SSSR count). The molecule has 2 atom stereocenters. The molecule has 5 nitrogen and oxygen atoms in total. The molecule has 2 unspecified atom stereocenters. The minimum atomic E-state index is -0.252. The maximum Gasteiger partial charge on any atom is 0.410 e. The van der Waals surface area contributed by atoms with Crippen LogP contribution in [-0.4, -0.2) is 28.6 Å². The van der Waals surface area contributed by atoms with Gasteiger partial charge in [-0.3, -0.25) is 0 Å². The van der Waals surface area contributed by atoms with E-state index in [-0.39, 0.29) is 18.2 Å². The molecule has 25 heavy (non-hydrogen) atoms. The number of nitrogen functional groups attached to an aromatic ring is 1. The molecule has 2 aromatic rings. The first-order chi connectivity index (χ1) is 12.1. The molecular formula is C20H23N3O2. The third kappa shape index (κ3) is 3.82. The van der Waals surface area contributed by atoms with Crippen molar-refractivity contribution in [2.45, 2.75) is 31.9 Å². The Bertz CT molecular complexity index is 741. The van der Waals surface area contributed by atoms with Gasteiger partial charge in [-0.1, -0.05) is 30.3 Å². The fourth-order valence-corrected chi connectivity index (χ4v) is 3.06. The SMILES string of the molecule is C=CCC1CCN(C(C)c2ccc(-c3ccc(N)nc3)cc2)C(=O)O1. The Morgan fingerprint density at radius 3 is 2.64 bits per heavy atom. The van der Waals surface area contributed by atoms with Gasteiger partial charge in [0, 0.05) is 31.1 Å². The van der Waals surface area contributed by atoms with Crippen LogP contribution in [0.2, 0.25) is 0 Å². The van der Waals surface area contributed by atoms with Gasteiger partial charge in [-0.25, -0.2) is 9.78 Å². The number of nitrogens with zero attached hydrogens (tertiary/aromatic N) is 2. The molecular weight excluding hydrogens is 314 g/mol. The number of nitrogens with two attached hydrogens (primary N) is 1. The Labute approximate surface area is 148 Å². The molecule has 1 aromatic carbocycles. The molecule has 0 bridgehead atoms. The standard InChI is InChI=1S/C20H23N3O2/c1-3-4-18-11-12-23(20(24)25-18)14(2)15-5-7-16(8-6-15)17-9-10-19(21)22-13-17/h3,5-10,13-14,18H,1,4,11-12H2,2H3,(H2,21,22). The van der Waals surface area contributed by atoms with Crippen LogP contribution in [0.25, 0.3) is 11.1 Å². The van der Waals surface area contributed by atoms with Gasteiger partial charge in [0.25, 0.3) is 0 Å². The predicted octanol–water partition coefficient (Wildman–Crippen LogP) is 4.18. The van der Waals surface area contributed by atoms with Crippen LogP contribution >= 0.6 is 0 Å². The topological polar surface area (TPSA) is 68.5 Å². The molecule has 1 amide bonds. The van der Waals surface area contributed by atoms with Gasteiger partial charge >= 0.3 is 6.09 Å². The molecule has 1 fully saturated rings. The van der Waals surface area contributed by atoms with Gasteiger partial charge in [-0.05, 0) is 30.2 Å². The van der Waals surface area contributed by atoms with Crippen LogP contribution in [0.5, 0.6) is 0 Å². The Kier molecular flexibility index (Phi) is 5.03. The van der Waals surface area contributed by atoms with Gasteiger partial charge in [-0.15, -0.1) is 6.58 Å². The molecule has 2 N–H and O–H groups in total. The van der Waals surface area contributed by atoms with Crippen LogP contribution < -0.4 is 5.73 Å². The molecule has 1 saturated heterocycles. The monoisotopic (exact) mass is 337 g/mol. The van der Waals surface area contributed by atoms with E-state index in [1.165, 1.54) is 0 Å². The van der Waals surface area contributed by atoms with E-state index in [2.05, 4.69) is 11.6 Å². The molecule has 2 heterocycles. The number of amides is 1. The van der Waals surface area contributed by atoms with Crippen molar-refractivity contribution < 1.29 is 9.53 Å². The first kappa shape index (κ1) is 17.0. The predicted molar refractivity (Wildman–Crippen MR) is 98.9 cm³/mol. The first-order valence-corrected chi connectivity index (χ1v) is 8.48. The largest absolute Gasteiger partial charge is 0.446 e. The van der Waals surface area contributed by atoms with Gasteiger partial charge in [-0.2, -0.15) is 0 Å². The lowest BCUT2D eigenvalue weighted by molar-refractivity contribution is 0.0146. The summed E-state index contributed by atoms with van der Waals surface area (Å²) in [4.78, 5) is 18.2. The lowest BCUT2D eigenvalue weighted by Gasteiger charge is -2.35. The summed E-state index contributed by atoms with van der Waals surface area (Å²) >= 11 is 0. The van der Waals surface area contributed by atoms with E-state index >= 15 is 0 Å². The molecule has 1 aromatic heterocycles. The summed E-state index contributed by atoms with van der Waals surface area (Å²) in [5.74, 6) is 0.507. The van der Waals surface area contributed by atoms with Gasteiger partial charge in [0.15, 0.2) is 0 Å². The zero-order valence-corrected chi connectivity index (χ0v) is 14.4. The maximum atomic E-state index is 12.3. The molecule has 0 radical (unpaired) electrons. The molecule has 1 aliphatic rings. The summed E-state index contributed by atoms with van der Waals surface area (Å²) < 4.78 is 5.48. The number of aromatic nitrogens is 1. The van der Waals surface area contributed by atoms with Crippen molar-refractivity contribution in [3.8, 4) is 11.1 Å². The summed E-state index contributed by atoms with van der Waals surface area (Å²) in [6.07, 6.45) is 4.79.